The molecule has 178 valence electrons. The highest BCUT2D eigenvalue weighted by Crippen LogP contribution is 2.56. The fourth-order valence-electron chi connectivity index (χ4n) is 6.78. The van der Waals surface area contributed by atoms with Crippen LogP contribution < -0.4 is 0 Å². The third-order valence-electron chi connectivity index (χ3n) is 8.28. The molecule has 1 aromatic heterocycles. The fourth-order valence-corrected chi connectivity index (χ4v) is 6.78. The molecule has 0 fully saturated rings. The van der Waals surface area contributed by atoms with Gasteiger partial charge in [-0.2, -0.15) is 0 Å². The number of rotatable bonds is 3. The molecule has 38 heavy (non-hydrogen) atoms. The summed E-state index contributed by atoms with van der Waals surface area (Å²) in [5.41, 5.74) is 11.2. The summed E-state index contributed by atoms with van der Waals surface area (Å²) in [6.45, 7) is 0. The second-order valence-corrected chi connectivity index (χ2v) is 10.1. The van der Waals surface area contributed by atoms with Gasteiger partial charge < -0.3 is 4.57 Å². The number of fused-ring (bicyclic) bond motifs is 6. The molecule has 1 aliphatic rings. The third kappa shape index (κ3) is 2.76. The quantitative estimate of drug-likeness (QED) is 0.236. The van der Waals surface area contributed by atoms with E-state index in [2.05, 4.69) is 156 Å². The predicted molar refractivity (Wildman–Crippen MR) is 158 cm³/mol. The number of aromatic nitrogens is 1. The van der Waals surface area contributed by atoms with Crippen molar-refractivity contribution in [2.75, 3.05) is 0 Å². The summed E-state index contributed by atoms with van der Waals surface area (Å²) >= 11 is 0. The number of hydrogen-bond donors (Lipinski definition) is 0. The van der Waals surface area contributed by atoms with Gasteiger partial charge in [-0.05, 0) is 57.6 Å². The van der Waals surface area contributed by atoms with Crippen LogP contribution in [0.4, 0.5) is 0 Å². The van der Waals surface area contributed by atoms with Crippen LogP contribution in [0.1, 0.15) is 22.3 Å². The fraction of sp³-hybridized carbons (Fsp3) is 0.0270. The first kappa shape index (κ1) is 21.2. The second-order valence-electron chi connectivity index (χ2n) is 10.1. The number of nitrogens with zero attached hydrogens (tertiary/aromatic N) is 1. The summed E-state index contributed by atoms with van der Waals surface area (Å²) < 4.78 is 2.42. The van der Waals surface area contributed by atoms with Crippen LogP contribution in [-0.4, -0.2) is 4.57 Å². The zero-order valence-electron chi connectivity index (χ0n) is 20.9. The van der Waals surface area contributed by atoms with Crippen LogP contribution in [0, 0.1) is 0 Å². The first-order chi connectivity index (χ1) is 18.9. The first-order valence-corrected chi connectivity index (χ1v) is 13.2. The standard InChI is InChI=1S/C37H25N/c1-3-13-26(14-4-1)37(27-15-5-2-6-16-27)33-20-10-7-17-29(33)32-25-28(23-24-34(32)37)38-35-21-11-8-18-30(35)31-19-9-12-22-36(31)38/h1-25H. The van der Waals surface area contributed by atoms with Gasteiger partial charge >= 0.3 is 0 Å². The van der Waals surface area contributed by atoms with Crippen LogP contribution in [0.5, 0.6) is 0 Å². The summed E-state index contributed by atoms with van der Waals surface area (Å²) in [5.74, 6) is 0. The maximum Gasteiger partial charge on any atom is 0.0713 e. The predicted octanol–water partition coefficient (Wildman–Crippen LogP) is 9.15. The molecule has 0 radical (unpaired) electrons. The van der Waals surface area contributed by atoms with Crippen LogP contribution in [0.25, 0.3) is 38.6 Å². The SMILES string of the molecule is c1ccc(C2(c3ccccc3)c3ccccc3-c3cc(-n4c5ccccc5c5ccccc54)ccc32)cc1. The lowest BCUT2D eigenvalue weighted by molar-refractivity contribution is 0.768. The van der Waals surface area contributed by atoms with Crippen molar-refractivity contribution >= 4 is 21.8 Å². The van der Waals surface area contributed by atoms with Gasteiger partial charge in [-0.15, -0.1) is 0 Å². The summed E-state index contributed by atoms with van der Waals surface area (Å²) in [5, 5.41) is 2.57. The van der Waals surface area contributed by atoms with E-state index in [1.54, 1.807) is 0 Å². The molecule has 1 heteroatoms. The highest BCUT2D eigenvalue weighted by Gasteiger charge is 2.45. The van der Waals surface area contributed by atoms with Crippen molar-refractivity contribution in [1.29, 1.82) is 0 Å². The Kier molecular flexibility index (Phi) is 4.50. The molecule has 0 bridgehead atoms. The van der Waals surface area contributed by atoms with E-state index in [-0.39, 0.29) is 5.41 Å². The van der Waals surface area contributed by atoms with Gasteiger partial charge in [-0.3, -0.25) is 0 Å². The summed E-state index contributed by atoms with van der Waals surface area (Å²) in [6.07, 6.45) is 0. The highest BCUT2D eigenvalue weighted by molar-refractivity contribution is 6.09. The van der Waals surface area contributed by atoms with Crippen molar-refractivity contribution in [3.05, 3.63) is 174 Å². The Bertz CT molecular complexity index is 1870. The minimum Gasteiger partial charge on any atom is -0.309 e. The molecule has 0 saturated carbocycles. The van der Waals surface area contributed by atoms with Crippen molar-refractivity contribution in [1.82, 2.24) is 4.57 Å². The topological polar surface area (TPSA) is 4.93 Å². The molecule has 1 aliphatic carbocycles. The molecule has 1 heterocycles. The van der Waals surface area contributed by atoms with Gasteiger partial charge in [0, 0.05) is 16.5 Å². The molecule has 8 rings (SSSR count). The minimum absolute atomic E-state index is 0.367. The van der Waals surface area contributed by atoms with Crippen LogP contribution in [-0.2, 0) is 5.41 Å². The number of benzene rings is 6. The molecule has 0 amide bonds. The Morgan fingerprint density at radius 2 is 0.895 bits per heavy atom. The smallest absolute Gasteiger partial charge is 0.0713 e. The van der Waals surface area contributed by atoms with Crippen molar-refractivity contribution in [2.45, 2.75) is 5.41 Å². The molecular formula is C37H25N. The van der Waals surface area contributed by atoms with E-state index >= 15 is 0 Å². The molecule has 0 saturated heterocycles. The molecule has 6 aromatic carbocycles. The van der Waals surface area contributed by atoms with E-state index in [4.69, 9.17) is 0 Å². The van der Waals surface area contributed by atoms with Gasteiger partial charge in [0.2, 0.25) is 0 Å². The Balaban J connectivity index is 1.47. The summed E-state index contributed by atoms with van der Waals surface area (Å²) in [6, 6.07) is 55.4. The Labute approximate surface area is 222 Å². The van der Waals surface area contributed by atoms with Gasteiger partial charge in [0.25, 0.3) is 0 Å². The van der Waals surface area contributed by atoms with Crippen LogP contribution in [0.2, 0.25) is 0 Å². The molecule has 0 spiro atoms. The van der Waals surface area contributed by atoms with Crippen molar-refractivity contribution in [3.63, 3.8) is 0 Å². The van der Waals surface area contributed by atoms with Crippen LogP contribution in [0.15, 0.2) is 152 Å². The van der Waals surface area contributed by atoms with Gasteiger partial charge in [-0.25, -0.2) is 0 Å². The van der Waals surface area contributed by atoms with Gasteiger partial charge in [-0.1, -0.05) is 127 Å². The third-order valence-corrected chi connectivity index (χ3v) is 8.28. The molecule has 0 N–H and O–H groups in total. The molecule has 1 nitrogen and oxygen atoms in total. The van der Waals surface area contributed by atoms with E-state index in [1.165, 1.54) is 60.9 Å². The van der Waals surface area contributed by atoms with E-state index in [0.717, 1.165) is 0 Å². The first-order valence-electron chi connectivity index (χ1n) is 13.2. The Morgan fingerprint density at radius 1 is 0.395 bits per heavy atom. The lowest BCUT2D eigenvalue weighted by Crippen LogP contribution is -2.28. The van der Waals surface area contributed by atoms with Crippen LogP contribution in [0.3, 0.4) is 0 Å². The zero-order chi connectivity index (χ0) is 25.1. The van der Waals surface area contributed by atoms with E-state index in [0.29, 0.717) is 0 Å². The average Bonchev–Trinajstić information content (AvgIpc) is 3.49. The minimum atomic E-state index is -0.367. The van der Waals surface area contributed by atoms with Gasteiger partial charge in [0.05, 0.1) is 16.4 Å². The van der Waals surface area contributed by atoms with E-state index < -0.39 is 0 Å². The number of hydrogen-bond acceptors (Lipinski definition) is 0. The van der Waals surface area contributed by atoms with Gasteiger partial charge in [0.15, 0.2) is 0 Å². The number of para-hydroxylation sites is 2. The zero-order valence-corrected chi connectivity index (χ0v) is 20.9. The molecule has 0 unspecified atom stereocenters. The second kappa shape index (κ2) is 8.06. The maximum atomic E-state index is 2.42. The Hall–Kier alpha value is -4.88. The highest BCUT2D eigenvalue weighted by atomic mass is 15.0. The maximum absolute atomic E-state index is 2.42. The molecule has 7 aromatic rings. The lowest BCUT2D eigenvalue weighted by Gasteiger charge is -2.33. The molecular weight excluding hydrogens is 458 g/mol. The molecule has 0 aliphatic heterocycles. The summed E-state index contributed by atoms with van der Waals surface area (Å²) in [7, 11) is 0. The van der Waals surface area contributed by atoms with E-state index in [9.17, 15) is 0 Å². The lowest BCUT2D eigenvalue weighted by atomic mass is 9.68. The summed E-state index contributed by atoms with van der Waals surface area (Å²) in [4.78, 5) is 0. The Morgan fingerprint density at radius 3 is 1.53 bits per heavy atom. The largest absolute Gasteiger partial charge is 0.309 e. The average molecular weight is 484 g/mol. The van der Waals surface area contributed by atoms with Crippen molar-refractivity contribution < 1.29 is 0 Å². The van der Waals surface area contributed by atoms with Gasteiger partial charge in [0.1, 0.15) is 0 Å². The van der Waals surface area contributed by atoms with E-state index in [1.807, 2.05) is 0 Å². The van der Waals surface area contributed by atoms with Crippen molar-refractivity contribution in [3.8, 4) is 16.8 Å². The monoisotopic (exact) mass is 483 g/mol. The molecule has 0 atom stereocenters. The normalized spacial score (nSPS) is 13.5. The van der Waals surface area contributed by atoms with Crippen LogP contribution >= 0.6 is 0 Å². The van der Waals surface area contributed by atoms with Crippen molar-refractivity contribution in [2.24, 2.45) is 0 Å².